The molecule has 1 amide bonds. The SMILES string of the molecule is N#Cc1cc(NC(=O)Cc2cccc(C(F)(F)F)n2)cc(F)c1/C(C=NC1CCNCC1)=C/N. The van der Waals surface area contributed by atoms with Crippen LogP contribution < -0.4 is 16.4 Å². The number of alkyl halides is 3. The predicted octanol–water partition coefficient (Wildman–Crippen LogP) is 3.41. The van der Waals surface area contributed by atoms with Gasteiger partial charge in [0.15, 0.2) is 0 Å². The molecule has 34 heavy (non-hydrogen) atoms. The number of nitrogens with zero attached hydrogens (tertiary/aromatic N) is 3. The van der Waals surface area contributed by atoms with E-state index < -0.39 is 30.0 Å². The Morgan fingerprint density at radius 1 is 1.32 bits per heavy atom. The van der Waals surface area contributed by atoms with Crippen molar-refractivity contribution in [2.75, 3.05) is 18.4 Å². The summed E-state index contributed by atoms with van der Waals surface area (Å²) in [6.45, 7) is 1.65. The van der Waals surface area contributed by atoms with Crippen molar-refractivity contribution in [3.05, 3.63) is 64.9 Å². The lowest BCUT2D eigenvalue weighted by atomic mass is 9.99. The van der Waals surface area contributed by atoms with Crippen LogP contribution in [0.3, 0.4) is 0 Å². The summed E-state index contributed by atoms with van der Waals surface area (Å²) in [6.07, 6.45) is -0.861. The fourth-order valence-corrected chi connectivity index (χ4v) is 3.50. The van der Waals surface area contributed by atoms with E-state index in [1.54, 1.807) is 0 Å². The van der Waals surface area contributed by atoms with Crippen LogP contribution in [0.5, 0.6) is 0 Å². The van der Waals surface area contributed by atoms with Gasteiger partial charge in [0.1, 0.15) is 11.5 Å². The lowest BCUT2D eigenvalue weighted by Crippen LogP contribution is -2.29. The number of hydrogen-bond acceptors (Lipinski definition) is 6. The number of carbonyl (C=O) groups is 1. The highest BCUT2D eigenvalue weighted by Crippen LogP contribution is 2.28. The van der Waals surface area contributed by atoms with Crippen LogP contribution in [0.25, 0.3) is 5.57 Å². The molecule has 1 aliphatic heterocycles. The van der Waals surface area contributed by atoms with Crippen molar-refractivity contribution in [1.82, 2.24) is 10.3 Å². The van der Waals surface area contributed by atoms with Crippen molar-refractivity contribution in [3.8, 4) is 6.07 Å². The Morgan fingerprint density at radius 2 is 2.06 bits per heavy atom. The molecule has 0 bridgehead atoms. The van der Waals surface area contributed by atoms with E-state index in [9.17, 15) is 27.6 Å². The minimum atomic E-state index is -4.64. The Kier molecular flexibility index (Phi) is 7.96. The van der Waals surface area contributed by atoms with Gasteiger partial charge in [0.05, 0.1) is 29.8 Å². The molecule has 1 aliphatic rings. The zero-order valence-corrected chi connectivity index (χ0v) is 18.0. The largest absolute Gasteiger partial charge is 0.433 e. The first-order valence-electron chi connectivity index (χ1n) is 10.4. The normalized spacial score (nSPS) is 15.3. The molecule has 1 saturated heterocycles. The number of pyridine rings is 1. The number of amides is 1. The second kappa shape index (κ2) is 10.9. The first-order valence-corrected chi connectivity index (χ1v) is 10.4. The van der Waals surface area contributed by atoms with E-state index in [4.69, 9.17) is 5.73 Å². The summed E-state index contributed by atoms with van der Waals surface area (Å²) in [5.74, 6) is -1.52. The molecule has 1 fully saturated rings. The maximum absolute atomic E-state index is 15.0. The fourth-order valence-electron chi connectivity index (χ4n) is 3.50. The van der Waals surface area contributed by atoms with Crippen LogP contribution in [-0.4, -0.2) is 36.2 Å². The quantitative estimate of drug-likeness (QED) is 0.438. The third-order valence-electron chi connectivity index (χ3n) is 5.13. The first kappa shape index (κ1) is 24.9. The van der Waals surface area contributed by atoms with Gasteiger partial charge in [0.25, 0.3) is 0 Å². The van der Waals surface area contributed by atoms with Crippen LogP contribution in [0.4, 0.5) is 23.2 Å². The Morgan fingerprint density at radius 3 is 2.71 bits per heavy atom. The summed E-state index contributed by atoms with van der Waals surface area (Å²) >= 11 is 0. The number of aliphatic imine (C=N–C) groups is 1. The number of piperidine rings is 1. The zero-order valence-electron chi connectivity index (χ0n) is 18.0. The molecule has 0 atom stereocenters. The highest BCUT2D eigenvalue weighted by molar-refractivity contribution is 6.11. The highest BCUT2D eigenvalue weighted by atomic mass is 19.4. The Labute approximate surface area is 193 Å². The van der Waals surface area contributed by atoms with E-state index in [1.807, 2.05) is 6.07 Å². The van der Waals surface area contributed by atoms with Gasteiger partial charge in [-0.25, -0.2) is 9.37 Å². The van der Waals surface area contributed by atoms with Gasteiger partial charge in [-0.05, 0) is 50.2 Å². The second-order valence-corrected chi connectivity index (χ2v) is 7.61. The molecule has 0 radical (unpaired) electrons. The van der Waals surface area contributed by atoms with Crippen LogP contribution in [-0.2, 0) is 17.4 Å². The van der Waals surface area contributed by atoms with E-state index in [0.717, 1.165) is 50.3 Å². The van der Waals surface area contributed by atoms with Crippen LogP contribution >= 0.6 is 0 Å². The topological polar surface area (TPSA) is 116 Å². The summed E-state index contributed by atoms with van der Waals surface area (Å²) in [4.78, 5) is 20.2. The first-order chi connectivity index (χ1) is 16.2. The molecule has 2 heterocycles. The molecular formula is C23H22F4N6O. The number of nitrogens with one attached hydrogen (secondary N) is 2. The number of halogens is 4. The van der Waals surface area contributed by atoms with Gasteiger partial charge < -0.3 is 16.4 Å². The standard InChI is InChI=1S/C23H22F4N6O/c24-19-9-18(33-21(34)10-17-2-1-3-20(32-17)23(25,26)27)8-14(11-28)22(19)15(12-29)13-31-16-4-6-30-7-5-16/h1-3,8-9,12-13,16,30H,4-7,10,29H2,(H,33,34)/b15-12+,31-13?. The third kappa shape index (κ3) is 6.39. The van der Waals surface area contributed by atoms with Gasteiger partial charge in [0, 0.05) is 29.2 Å². The predicted molar refractivity (Wildman–Crippen MR) is 119 cm³/mol. The molecule has 2 aromatic rings. The second-order valence-electron chi connectivity index (χ2n) is 7.61. The molecule has 4 N–H and O–H groups in total. The summed E-state index contributed by atoms with van der Waals surface area (Å²) in [7, 11) is 0. The average molecular weight is 474 g/mol. The smallest absolute Gasteiger partial charge is 0.404 e. The van der Waals surface area contributed by atoms with E-state index in [0.29, 0.717) is 0 Å². The Bertz CT molecular complexity index is 1150. The van der Waals surface area contributed by atoms with Crippen molar-refractivity contribution >= 4 is 23.4 Å². The van der Waals surface area contributed by atoms with Crippen molar-refractivity contribution in [2.45, 2.75) is 31.5 Å². The van der Waals surface area contributed by atoms with Gasteiger partial charge in [-0.2, -0.15) is 18.4 Å². The van der Waals surface area contributed by atoms with Gasteiger partial charge in [-0.3, -0.25) is 9.79 Å². The molecule has 1 aromatic heterocycles. The lowest BCUT2D eigenvalue weighted by molar-refractivity contribution is -0.141. The number of benzene rings is 1. The summed E-state index contributed by atoms with van der Waals surface area (Å²) in [6, 6.07) is 7.43. The van der Waals surface area contributed by atoms with Gasteiger partial charge in [-0.1, -0.05) is 6.07 Å². The lowest BCUT2D eigenvalue weighted by Gasteiger charge is -2.19. The molecule has 178 valence electrons. The molecule has 0 saturated carbocycles. The number of hydrogen-bond donors (Lipinski definition) is 3. The van der Waals surface area contributed by atoms with Crippen molar-refractivity contribution in [3.63, 3.8) is 0 Å². The van der Waals surface area contributed by atoms with Crippen LogP contribution in [0.1, 0.15) is 35.4 Å². The highest BCUT2D eigenvalue weighted by Gasteiger charge is 2.32. The van der Waals surface area contributed by atoms with Crippen molar-refractivity contribution in [1.29, 1.82) is 5.26 Å². The molecule has 7 nitrogen and oxygen atoms in total. The van der Waals surface area contributed by atoms with E-state index in [-0.39, 0.29) is 34.1 Å². The minimum absolute atomic E-state index is 0.0264. The zero-order chi connectivity index (χ0) is 24.7. The van der Waals surface area contributed by atoms with Gasteiger partial charge in [-0.15, -0.1) is 0 Å². The van der Waals surface area contributed by atoms with Crippen LogP contribution in [0, 0.1) is 17.1 Å². The molecule has 0 unspecified atom stereocenters. The number of carbonyl (C=O) groups excluding carboxylic acids is 1. The summed E-state index contributed by atoms with van der Waals surface area (Å²) in [5, 5.41) is 15.1. The average Bonchev–Trinajstić information content (AvgIpc) is 2.80. The van der Waals surface area contributed by atoms with Crippen LogP contribution in [0.15, 0.2) is 41.5 Å². The minimum Gasteiger partial charge on any atom is -0.404 e. The summed E-state index contributed by atoms with van der Waals surface area (Å²) < 4.78 is 53.4. The third-order valence-corrected chi connectivity index (χ3v) is 5.13. The van der Waals surface area contributed by atoms with Crippen LogP contribution in [0.2, 0.25) is 0 Å². The number of allylic oxidation sites excluding steroid dienone is 1. The van der Waals surface area contributed by atoms with E-state index in [1.165, 1.54) is 18.3 Å². The maximum Gasteiger partial charge on any atom is 0.433 e. The number of aromatic nitrogens is 1. The molecule has 0 spiro atoms. The fraction of sp³-hybridized carbons (Fsp3) is 0.304. The Balaban J connectivity index is 1.77. The molecule has 3 rings (SSSR count). The van der Waals surface area contributed by atoms with Gasteiger partial charge >= 0.3 is 6.18 Å². The number of nitrogens with two attached hydrogens (primary N) is 1. The molecule has 0 aliphatic carbocycles. The van der Waals surface area contributed by atoms with E-state index >= 15 is 0 Å². The molecule has 1 aromatic carbocycles. The number of anilines is 1. The van der Waals surface area contributed by atoms with Crippen molar-refractivity contribution < 1.29 is 22.4 Å². The summed E-state index contributed by atoms with van der Waals surface area (Å²) in [5.41, 5.74) is 4.50. The molecular weight excluding hydrogens is 452 g/mol. The maximum atomic E-state index is 15.0. The van der Waals surface area contributed by atoms with E-state index in [2.05, 4.69) is 20.6 Å². The Hall–Kier alpha value is -3.78. The number of nitriles is 1. The molecule has 11 heteroatoms. The van der Waals surface area contributed by atoms with Crippen molar-refractivity contribution in [2.24, 2.45) is 10.7 Å². The van der Waals surface area contributed by atoms with Gasteiger partial charge in [0.2, 0.25) is 5.91 Å². The number of rotatable bonds is 6. The monoisotopic (exact) mass is 474 g/mol.